The van der Waals surface area contributed by atoms with Crippen LogP contribution in [0, 0.1) is 17.0 Å². The average Bonchev–Trinajstić information content (AvgIpc) is 2.81. The van der Waals surface area contributed by atoms with Crippen molar-refractivity contribution >= 4 is 16.7 Å². The van der Waals surface area contributed by atoms with Crippen molar-refractivity contribution in [3.05, 3.63) is 50.4 Å². The van der Waals surface area contributed by atoms with Gasteiger partial charge in [0.15, 0.2) is 5.65 Å². The number of rotatable bonds is 2. The molecule has 3 rings (SSSR count). The number of hydrogen-bond donors (Lipinski definition) is 2. The Bertz CT molecular complexity index is 863. The normalized spacial score (nSPS) is 10.8. The number of non-ortho nitro benzene ring substituents is 1. The maximum absolute atomic E-state index is 12.0. The lowest BCUT2D eigenvalue weighted by Crippen LogP contribution is -2.09. The molecule has 0 saturated carbocycles. The number of hydrogen-bond acceptors (Lipinski definition) is 5. The van der Waals surface area contributed by atoms with Crippen molar-refractivity contribution in [2.24, 2.45) is 0 Å². The molecular formula is C12H9N5O3. The second kappa shape index (κ2) is 4.26. The molecule has 0 atom stereocenters. The Morgan fingerprint density at radius 3 is 2.60 bits per heavy atom. The van der Waals surface area contributed by atoms with Crippen LogP contribution in [-0.2, 0) is 0 Å². The van der Waals surface area contributed by atoms with Gasteiger partial charge in [-0.25, -0.2) is 4.98 Å². The van der Waals surface area contributed by atoms with E-state index in [4.69, 9.17) is 0 Å². The Morgan fingerprint density at radius 2 is 1.95 bits per heavy atom. The summed E-state index contributed by atoms with van der Waals surface area (Å²) in [6.07, 6.45) is 0. The van der Waals surface area contributed by atoms with Gasteiger partial charge in [-0.15, -0.1) is 0 Å². The standard InChI is InChI=1S/C12H9N5O3/c1-6-9-11(16-15-6)13-10(14-12(9)18)7-2-4-8(5-3-7)17(19)20/h2-5H,1H3,(H2,13,14,15,16,18). The molecule has 0 saturated heterocycles. The summed E-state index contributed by atoms with van der Waals surface area (Å²) in [4.78, 5) is 29.0. The van der Waals surface area contributed by atoms with E-state index in [0.29, 0.717) is 28.1 Å². The molecule has 0 aliphatic rings. The first kappa shape index (κ1) is 12.0. The smallest absolute Gasteiger partial charge is 0.269 e. The van der Waals surface area contributed by atoms with Crippen molar-refractivity contribution in [1.29, 1.82) is 0 Å². The molecule has 20 heavy (non-hydrogen) atoms. The van der Waals surface area contributed by atoms with Crippen LogP contribution in [-0.4, -0.2) is 25.1 Å². The highest BCUT2D eigenvalue weighted by Gasteiger charge is 2.11. The van der Waals surface area contributed by atoms with Gasteiger partial charge in [0.05, 0.1) is 4.92 Å². The molecule has 2 N–H and O–H groups in total. The zero-order chi connectivity index (χ0) is 14.3. The number of fused-ring (bicyclic) bond motifs is 1. The monoisotopic (exact) mass is 271 g/mol. The fraction of sp³-hybridized carbons (Fsp3) is 0.0833. The summed E-state index contributed by atoms with van der Waals surface area (Å²) in [7, 11) is 0. The SMILES string of the molecule is Cc1[nH]nc2nc(-c3ccc([N+](=O)[O-])cc3)[nH]c(=O)c12. The number of H-pyrrole nitrogens is 2. The van der Waals surface area contributed by atoms with E-state index in [1.165, 1.54) is 24.3 Å². The number of aromatic amines is 2. The molecule has 8 nitrogen and oxygen atoms in total. The fourth-order valence-electron chi connectivity index (χ4n) is 1.95. The number of aromatic nitrogens is 4. The maximum Gasteiger partial charge on any atom is 0.269 e. The van der Waals surface area contributed by atoms with Gasteiger partial charge in [-0.05, 0) is 19.1 Å². The lowest BCUT2D eigenvalue weighted by Gasteiger charge is -2.00. The second-order valence-electron chi connectivity index (χ2n) is 4.27. The van der Waals surface area contributed by atoms with Crippen molar-refractivity contribution in [2.75, 3.05) is 0 Å². The minimum Gasteiger partial charge on any atom is -0.306 e. The van der Waals surface area contributed by atoms with E-state index < -0.39 is 4.92 Å². The topological polar surface area (TPSA) is 118 Å². The van der Waals surface area contributed by atoms with E-state index in [1.807, 2.05) is 0 Å². The number of nitro groups is 1. The zero-order valence-electron chi connectivity index (χ0n) is 10.4. The van der Waals surface area contributed by atoms with Gasteiger partial charge in [0, 0.05) is 23.4 Å². The third-order valence-electron chi connectivity index (χ3n) is 2.96. The molecule has 8 heteroatoms. The van der Waals surface area contributed by atoms with Crippen molar-refractivity contribution in [3.63, 3.8) is 0 Å². The molecule has 0 radical (unpaired) electrons. The first-order valence-electron chi connectivity index (χ1n) is 5.76. The Balaban J connectivity index is 2.14. The Kier molecular flexibility index (Phi) is 2.56. The highest BCUT2D eigenvalue weighted by molar-refractivity contribution is 5.78. The van der Waals surface area contributed by atoms with Crippen LogP contribution in [0.4, 0.5) is 5.69 Å². The quantitative estimate of drug-likeness (QED) is 0.541. The van der Waals surface area contributed by atoms with Gasteiger partial charge in [-0.3, -0.25) is 20.0 Å². The highest BCUT2D eigenvalue weighted by Crippen LogP contribution is 2.19. The molecule has 0 bridgehead atoms. The second-order valence-corrected chi connectivity index (χ2v) is 4.27. The maximum atomic E-state index is 12.0. The van der Waals surface area contributed by atoms with Crippen LogP contribution in [0.1, 0.15) is 5.69 Å². The van der Waals surface area contributed by atoms with Gasteiger partial charge < -0.3 is 4.98 Å². The van der Waals surface area contributed by atoms with Gasteiger partial charge in [0.1, 0.15) is 11.2 Å². The zero-order valence-corrected chi connectivity index (χ0v) is 10.4. The Hall–Kier alpha value is -3.03. The number of nitrogens with zero attached hydrogens (tertiary/aromatic N) is 3. The lowest BCUT2D eigenvalue weighted by molar-refractivity contribution is -0.384. The molecule has 0 spiro atoms. The molecule has 0 aliphatic heterocycles. The Morgan fingerprint density at radius 1 is 1.25 bits per heavy atom. The molecule has 0 aliphatic carbocycles. The summed E-state index contributed by atoms with van der Waals surface area (Å²) in [5, 5.41) is 17.7. The molecule has 100 valence electrons. The van der Waals surface area contributed by atoms with Crippen LogP contribution < -0.4 is 5.56 Å². The van der Waals surface area contributed by atoms with E-state index in [9.17, 15) is 14.9 Å². The summed E-state index contributed by atoms with van der Waals surface area (Å²) >= 11 is 0. The first-order chi connectivity index (χ1) is 9.56. The van der Waals surface area contributed by atoms with Crippen LogP contribution in [0.5, 0.6) is 0 Å². The van der Waals surface area contributed by atoms with Crippen molar-refractivity contribution in [2.45, 2.75) is 6.92 Å². The number of benzene rings is 1. The molecule has 0 amide bonds. The summed E-state index contributed by atoms with van der Waals surface area (Å²) in [6.45, 7) is 1.73. The van der Waals surface area contributed by atoms with Crippen LogP contribution in [0.25, 0.3) is 22.4 Å². The van der Waals surface area contributed by atoms with Crippen LogP contribution in [0.3, 0.4) is 0 Å². The first-order valence-corrected chi connectivity index (χ1v) is 5.76. The van der Waals surface area contributed by atoms with Gasteiger partial charge in [-0.2, -0.15) is 5.10 Å². The number of nitro benzene ring substituents is 1. The van der Waals surface area contributed by atoms with Gasteiger partial charge >= 0.3 is 0 Å². The van der Waals surface area contributed by atoms with Gasteiger partial charge in [-0.1, -0.05) is 0 Å². The van der Waals surface area contributed by atoms with E-state index in [-0.39, 0.29) is 11.2 Å². The average molecular weight is 271 g/mol. The molecule has 2 aromatic heterocycles. The van der Waals surface area contributed by atoms with E-state index in [1.54, 1.807) is 6.92 Å². The minimum atomic E-state index is -0.486. The molecule has 0 unspecified atom stereocenters. The largest absolute Gasteiger partial charge is 0.306 e. The summed E-state index contributed by atoms with van der Waals surface area (Å²) in [5.74, 6) is 0.323. The molecule has 0 fully saturated rings. The predicted molar refractivity (Wildman–Crippen MR) is 71.3 cm³/mol. The predicted octanol–water partition coefficient (Wildman–Crippen LogP) is 1.53. The lowest BCUT2D eigenvalue weighted by atomic mass is 10.2. The van der Waals surface area contributed by atoms with Crippen LogP contribution in [0.15, 0.2) is 29.1 Å². The van der Waals surface area contributed by atoms with E-state index in [0.717, 1.165) is 0 Å². The van der Waals surface area contributed by atoms with Crippen LogP contribution in [0.2, 0.25) is 0 Å². The van der Waals surface area contributed by atoms with E-state index >= 15 is 0 Å². The summed E-state index contributed by atoms with van der Waals surface area (Å²) in [6, 6.07) is 5.77. The third-order valence-corrected chi connectivity index (χ3v) is 2.96. The molecular weight excluding hydrogens is 262 g/mol. The minimum absolute atomic E-state index is 0.0206. The van der Waals surface area contributed by atoms with Gasteiger partial charge in [0.25, 0.3) is 11.2 Å². The fourth-order valence-corrected chi connectivity index (χ4v) is 1.95. The summed E-state index contributed by atoms with van der Waals surface area (Å²) < 4.78 is 0. The van der Waals surface area contributed by atoms with Crippen molar-refractivity contribution in [3.8, 4) is 11.4 Å². The van der Waals surface area contributed by atoms with Crippen molar-refractivity contribution in [1.82, 2.24) is 20.2 Å². The third kappa shape index (κ3) is 1.83. The number of aryl methyl sites for hydroxylation is 1. The highest BCUT2D eigenvalue weighted by atomic mass is 16.6. The summed E-state index contributed by atoms with van der Waals surface area (Å²) in [5.41, 5.74) is 1.22. The number of nitrogens with one attached hydrogen (secondary N) is 2. The van der Waals surface area contributed by atoms with Crippen LogP contribution >= 0.6 is 0 Å². The molecule has 3 aromatic rings. The molecule has 2 heterocycles. The van der Waals surface area contributed by atoms with Crippen molar-refractivity contribution < 1.29 is 4.92 Å². The Labute approximate surface area is 111 Å². The molecule has 1 aromatic carbocycles. The van der Waals surface area contributed by atoms with E-state index in [2.05, 4.69) is 20.2 Å². The van der Waals surface area contributed by atoms with Gasteiger partial charge in [0.2, 0.25) is 0 Å².